The topological polar surface area (TPSA) is 159 Å². The van der Waals surface area contributed by atoms with Gasteiger partial charge in [0.15, 0.2) is 0 Å². The van der Waals surface area contributed by atoms with E-state index in [2.05, 4.69) is 15.5 Å². The number of nitrogens with zero attached hydrogens (tertiary/aromatic N) is 2. The van der Waals surface area contributed by atoms with Gasteiger partial charge in [-0.1, -0.05) is 11.3 Å². The molecule has 0 aliphatic carbocycles. The highest BCUT2D eigenvalue weighted by atomic mass is 32.2. The summed E-state index contributed by atoms with van der Waals surface area (Å²) in [6.07, 6.45) is 0. The molecule has 0 saturated heterocycles. The Labute approximate surface area is 111 Å². The monoisotopic (exact) mass is 310 g/mol. The van der Waals surface area contributed by atoms with E-state index in [1.165, 1.54) is 6.92 Å². The molecule has 1 unspecified atom stereocenters. The maximum absolute atomic E-state index is 11.7. The Hall–Kier alpha value is -1.63. The summed E-state index contributed by atoms with van der Waals surface area (Å²) >= 11 is 0.553. The molecule has 0 aliphatic rings. The molecule has 1 amide bonds. The maximum atomic E-state index is 11.7. The van der Waals surface area contributed by atoms with E-state index < -0.39 is 38.9 Å². The van der Waals surface area contributed by atoms with Crippen LogP contribution in [0, 0.1) is 0 Å². The normalized spacial score (nSPS) is 12.9. The maximum Gasteiger partial charge on any atom is 0.324 e. The van der Waals surface area contributed by atoms with Gasteiger partial charge in [0.25, 0.3) is 10.0 Å². The number of rotatable bonds is 6. The van der Waals surface area contributed by atoms with Crippen molar-refractivity contribution >= 4 is 38.4 Å². The fraction of sp³-hybridized carbons (Fsp3) is 0.429. The van der Waals surface area contributed by atoms with Gasteiger partial charge in [0.05, 0.1) is 6.61 Å². The number of nitrogens with one attached hydrogen (secondary N) is 2. The smallest absolute Gasteiger partial charge is 0.324 e. The molecule has 1 rings (SSSR count). The minimum absolute atomic E-state index is 0.0382. The molecule has 0 bridgehead atoms. The van der Waals surface area contributed by atoms with Gasteiger partial charge in [-0.3, -0.25) is 9.59 Å². The Morgan fingerprint density at radius 3 is 2.53 bits per heavy atom. The van der Waals surface area contributed by atoms with Gasteiger partial charge in [0.2, 0.25) is 15.4 Å². The third-order valence-corrected chi connectivity index (χ3v) is 4.38. The number of aliphatic hydroxyl groups is 1. The van der Waals surface area contributed by atoms with Gasteiger partial charge < -0.3 is 15.5 Å². The molecule has 106 valence electrons. The third kappa shape index (κ3) is 4.20. The Kier molecular flexibility index (Phi) is 4.88. The number of aliphatic carboxylic acids is 1. The Morgan fingerprint density at radius 1 is 1.42 bits per heavy atom. The number of sulfonamides is 1. The van der Waals surface area contributed by atoms with Gasteiger partial charge in [-0.05, 0) is 0 Å². The number of hydrogen-bond donors (Lipinski definition) is 4. The molecule has 1 atom stereocenters. The third-order valence-electron chi connectivity index (χ3n) is 1.70. The lowest BCUT2D eigenvalue weighted by atomic mass is 10.3. The second kappa shape index (κ2) is 6.01. The highest BCUT2D eigenvalue weighted by Crippen LogP contribution is 2.19. The molecule has 19 heavy (non-hydrogen) atoms. The van der Waals surface area contributed by atoms with Crippen molar-refractivity contribution in [2.24, 2.45) is 0 Å². The molecule has 0 aromatic carbocycles. The van der Waals surface area contributed by atoms with Crippen LogP contribution in [0.15, 0.2) is 4.34 Å². The first-order valence-electron chi connectivity index (χ1n) is 4.73. The second-order valence-corrected chi connectivity index (χ2v) is 6.11. The Bertz CT molecular complexity index is 582. The van der Waals surface area contributed by atoms with Crippen LogP contribution >= 0.6 is 11.3 Å². The number of aromatic nitrogens is 2. The van der Waals surface area contributed by atoms with Crippen LogP contribution in [0.1, 0.15) is 6.92 Å². The largest absolute Gasteiger partial charge is 0.480 e. The molecular formula is C7H10N4O6S2. The van der Waals surface area contributed by atoms with Crippen molar-refractivity contribution in [1.82, 2.24) is 14.9 Å². The predicted octanol–water partition coefficient (Wildman–Crippen LogP) is -1.78. The van der Waals surface area contributed by atoms with E-state index in [1.807, 2.05) is 0 Å². The number of carbonyl (C=O) groups is 2. The average molecular weight is 310 g/mol. The van der Waals surface area contributed by atoms with Crippen LogP contribution in [0.2, 0.25) is 0 Å². The fourth-order valence-electron chi connectivity index (χ4n) is 0.923. The van der Waals surface area contributed by atoms with Gasteiger partial charge in [-0.25, -0.2) is 8.42 Å². The quantitative estimate of drug-likeness (QED) is 0.449. The number of carbonyl (C=O) groups excluding carboxylic acids is 1. The summed E-state index contributed by atoms with van der Waals surface area (Å²) < 4.78 is 24.7. The summed E-state index contributed by atoms with van der Waals surface area (Å²) in [5.74, 6) is -1.98. The molecule has 1 aromatic heterocycles. The summed E-state index contributed by atoms with van der Waals surface area (Å²) in [7, 11) is -4.23. The molecule has 4 N–H and O–H groups in total. The zero-order chi connectivity index (χ0) is 14.6. The first-order valence-corrected chi connectivity index (χ1v) is 7.03. The lowest BCUT2D eigenvalue weighted by Crippen LogP contribution is -2.43. The molecular weight excluding hydrogens is 300 g/mol. The lowest BCUT2D eigenvalue weighted by molar-refractivity contribution is -0.139. The van der Waals surface area contributed by atoms with Crippen molar-refractivity contribution in [2.75, 3.05) is 11.9 Å². The van der Waals surface area contributed by atoms with Crippen molar-refractivity contribution in [2.45, 2.75) is 17.3 Å². The van der Waals surface area contributed by atoms with Gasteiger partial charge in [-0.2, -0.15) is 4.72 Å². The first kappa shape index (κ1) is 15.4. The molecule has 0 aliphatic heterocycles. The van der Waals surface area contributed by atoms with E-state index in [1.54, 1.807) is 4.72 Å². The number of amides is 1. The Morgan fingerprint density at radius 2 is 2.05 bits per heavy atom. The Balaban J connectivity index is 2.91. The fourth-order valence-corrected chi connectivity index (χ4v) is 3.07. The molecule has 12 heteroatoms. The van der Waals surface area contributed by atoms with Gasteiger partial charge in [0, 0.05) is 6.92 Å². The SMILES string of the molecule is CC(=O)Nc1nnc(S(=O)(=O)NC(CO)C(=O)O)s1. The van der Waals surface area contributed by atoms with Crippen LogP contribution in [0.25, 0.3) is 0 Å². The van der Waals surface area contributed by atoms with E-state index in [-0.39, 0.29) is 5.13 Å². The van der Waals surface area contributed by atoms with Crippen LogP contribution in [0.3, 0.4) is 0 Å². The summed E-state index contributed by atoms with van der Waals surface area (Å²) in [6, 6.07) is -1.68. The molecule has 0 spiro atoms. The molecule has 0 saturated carbocycles. The van der Waals surface area contributed by atoms with Crippen LogP contribution in [-0.4, -0.2) is 53.4 Å². The van der Waals surface area contributed by atoms with Crippen molar-refractivity contribution in [3.63, 3.8) is 0 Å². The van der Waals surface area contributed by atoms with Crippen LogP contribution < -0.4 is 10.0 Å². The predicted molar refractivity (Wildman–Crippen MR) is 63.0 cm³/mol. The minimum Gasteiger partial charge on any atom is -0.480 e. The van der Waals surface area contributed by atoms with Crippen molar-refractivity contribution in [1.29, 1.82) is 0 Å². The summed E-state index contributed by atoms with van der Waals surface area (Å²) in [5, 5.41) is 26.3. The van der Waals surface area contributed by atoms with Crippen LogP contribution in [0.4, 0.5) is 5.13 Å². The zero-order valence-electron chi connectivity index (χ0n) is 9.52. The van der Waals surface area contributed by atoms with E-state index in [9.17, 15) is 18.0 Å². The highest BCUT2D eigenvalue weighted by Gasteiger charge is 2.27. The van der Waals surface area contributed by atoms with Crippen LogP contribution in [0.5, 0.6) is 0 Å². The van der Waals surface area contributed by atoms with Gasteiger partial charge in [0.1, 0.15) is 6.04 Å². The first-order chi connectivity index (χ1) is 8.76. The molecule has 1 heterocycles. The van der Waals surface area contributed by atoms with E-state index in [4.69, 9.17) is 10.2 Å². The van der Waals surface area contributed by atoms with Crippen molar-refractivity contribution in [3.8, 4) is 0 Å². The highest BCUT2D eigenvalue weighted by molar-refractivity contribution is 7.91. The van der Waals surface area contributed by atoms with E-state index in [0.717, 1.165) is 0 Å². The summed E-state index contributed by atoms with van der Waals surface area (Å²) in [5.41, 5.74) is 0. The number of aliphatic hydroxyl groups excluding tert-OH is 1. The average Bonchev–Trinajstić information content (AvgIpc) is 2.73. The number of carboxylic acids is 1. The standard InChI is InChI=1S/C7H10N4O6S2/c1-3(13)8-6-9-10-7(18-6)19(16,17)11-4(2-12)5(14)15/h4,11-12H,2H2,1H3,(H,14,15)(H,8,9,13). The van der Waals surface area contributed by atoms with Gasteiger partial charge >= 0.3 is 5.97 Å². The second-order valence-electron chi connectivity index (χ2n) is 3.25. The van der Waals surface area contributed by atoms with E-state index in [0.29, 0.717) is 11.3 Å². The lowest BCUT2D eigenvalue weighted by Gasteiger charge is -2.09. The van der Waals surface area contributed by atoms with E-state index >= 15 is 0 Å². The van der Waals surface area contributed by atoms with Crippen molar-refractivity contribution < 1.29 is 28.2 Å². The molecule has 10 nitrogen and oxygen atoms in total. The number of hydrogen-bond acceptors (Lipinski definition) is 8. The number of carboxylic acid groups (broad SMARTS) is 1. The summed E-state index contributed by atoms with van der Waals surface area (Å²) in [4.78, 5) is 21.4. The molecule has 0 fully saturated rings. The van der Waals surface area contributed by atoms with Crippen LogP contribution in [-0.2, 0) is 19.6 Å². The zero-order valence-corrected chi connectivity index (χ0v) is 11.2. The number of anilines is 1. The van der Waals surface area contributed by atoms with Gasteiger partial charge in [-0.15, -0.1) is 10.2 Å². The minimum atomic E-state index is -4.23. The summed E-state index contributed by atoms with van der Waals surface area (Å²) in [6.45, 7) is 0.298. The molecule has 1 aromatic rings. The van der Waals surface area contributed by atoms with Crippen molar-refractivity contribution in [3.05, 3.63) is 0 Å². The molecule has 0 radical (unpaired) electrons.